The van der Waals surface area contributed by atoms with Crippen LogP contribution in [0.3, 0.4) is 0 Å². The minimum Gasteiger partial charge on any atom is -0.389 e. The summed E-state index contributed by atoms with van der Waals surface area (Å²) in [4.78, 5) is 14.6. The second-order valence-corrected chi connectivity index (χ2v) is 5.72. The van der Waals surface area contributed by atoms with Gasteiger partial charge in [-0.25, -0.2) is 0 Å². The number of benzene rings is 2. The van der Waals surface area contributed by atoms with Crippen LogP contribution in [0.4, 0.5) is 5.69 Å². The zero-order chi connectivity index (χ0) is 16.7. The summed E-state index contributed by atoms with van der Waals surface area (Å²) in [6.07, 6.45) is 0. The fourth-order valence-corrected chi connectivity index (χ4v) is 2.38. The van der Waals surface area contributed by atoms with Crippen LogP contribution in [0.25, 0.3) is 0 Å². The first-order valence-corrected chi connectivity index (χ1v) is 7.95. The topological polar surface area (TPSA) is 58.4 Å². The van der Waals surface area contributed by atoms with Crippen molar-refractivity contribution in [3.63, 3.8) is 0 Å². The lowest BCUT2D eigenvalue weighted by Crippen LogP contribution is -2.32. The van der Waals surface area contributed by atoms with Gasteiger partial charge in [0.25, 0.3) is 0 Å². The number of nitrogens with zero attached hydrogens (tertiary/aromatic N) is 1. The Labute approximate surface area is 142 Å². The van der Waals surface area contributed by atoms with E-state index in [4.69, 9.17) is 18.0 Å². The van der Waals surface area contributed by atoms with Crippen molar-refractivity contribution in [1.82, 2.24) is 4.90 Å². The lowest BCUT2D eigenvalue weighted by atomic mass is 10.2. The molecule has 120 valence electrons. The molecule has 0 aliphatic carbocycles. The minimum absolute atomic E-state index is 0.0362. The third kappa shape index (κ3) is 5.47. The van der Waals surface area contributed by atoms with E-state index in [9.17, 15) is 4.79 Å². The molecule has 0 aliphatic rings. The highest BCUT2D eigenvalue weighted by Crippen LogP contribution is 2.10. The Morgan fingerprint density at radius 3 is 2.35 bits per heavy atom. The molecule has 23 heavy (non-hydrogen) atoms. The summed E-state index contributed by atoms with van der Waals surface area (Å²) in [5.41, 5.74) is 8.29. The van der Waals surface area contributed by atoms with Crippen LogP contribution in [-0.2, 0) is 11.3 Å². The third-order valence-corrected chi connectivity index (χ3v) is 3.75. The van der Waals surface area contributed by atoms with Gasteiger partial charge < -0.3 is 11.1 Å². The maximum absolute atomic E-state index is 12.2. The molecule has 5 heteroatoms. The van der Waals surface area contributed by atoms with Crippen molar-refractivity contribution in [3.05, 3.63) is 65.7 Å². The molecule has 4 nitrogen and oxygen atoms in total. The van der Waals surface area contributed by atoms with Gasteiger partial charge in [-0.1, -0.05) is 49.5 Å². The normalized spacial score (nSPS) is 10.5. The van der Waals surface area contributed by atoms with Gasteiger partial charge in [0.1, 0.15) is 4.99 Å². The highest BCUT2D eigenvalue weighted by atomic mass is 32.1. The second-order valence-electron chi connectivity index (χ2n) is 5.28. The molecule has 0 saturated carbocycles. The molecule has 0 aliphatic heterocycles. The number of carbonyl (C=O) groups excluding carboxylic acids is 1. The maximum atomic E-state index is 12.2. The average molecular weight is 327 g/mol. The van der Waals surface area contributed by atoms with Gasteiger partial charge in [-0.05, 0) is 36.4 Å². The molecule has 0 spiro atoms. The minimum atomic E-state index is -0.0362. The lowest BCUT2D eigenvalue weighted by Gasteiger charge is -2.20. The van der Waals surface area contributed by atoms with Gasteiger partial charge in [-0.2, -0.15) is 0 Å². The van der Waals surface area contributed by atoms with Crippen molar-refractivity contribution >= 4 is 28.8 Å². The monoisotopic (exact) mass is 327 g/mol. The van der Waals surface area contributed by atoms with Crippen LogP contribution in [0.1, 0.15) is 18.1 Å². The Balaban J connectivity index is 1.90. The van der Waals surface area contributed by atoms with E-state index in [1.54, 1.807) is 24.3 Å². The number of hydrogen-bond donors (Lipinski definition) is 2. The zero-order valence-electron chi connectivity index (χ0n) is 13.2. The van der Waals surface area contributed by atoms with Crippen LogP contribution >= 0.6 is 12.2 Å². The number of rotatable bonds is 7. The number of likely N-dealkylation sites (N-methyl/N-ethyl adjacent to an activating group) is 1. The second kappa shape index (κ2) is 8.41. The molecule has 2 rings (SSSR count). The molecule has 1 amide bonds. The van der Waals surface area contributed by atoms with Gasteiger partial charge >= 0.3 is 0 Å². The van der Waals surface area contributed by atoms with Gasteiger partial charge in [-0.3, -0.25) is 9.69 Å². The van der Waals surface area contributed by atoms with Gasteiger partial charge in [0.15, 0.2) is 0 Å². The first kappa shape index (κ1) is 17.1. The zero-order valence-corrected chi connectivity index (χ0v) is 14.0. The molecular formula is C18H21N3OS. The van der Waals surface area contributed by atoms with E-state index in [2.05, 4.69) is 22.3 Å². The van der Waals surface area contributed by atoms with Gasteiger partial charge in [0, 0.05) is 17.8 Å². The highest BCUT2D eigenvalue weighted by molar-refractivity contribution is 7.80. The van der Waals surface area contributed by atoms with E-state index in [1.807, 2.05) is 25.1 Å². The summed E-state index contributed by atoms with van der Waals surface area (Å²) in [5.74, 6) is -0.0362. The molecule has 0 radical (unpaired) electrons. The molecular weight excluding hydrogens is 306 g/mol. The molecule has 3 N–H and O–H groups in total. The molecule has 2 aromatic carbocycles. The molecule has 0 atom stereocenters. The number of amides is 1. The largest absolute Gasteiger partial charge is 0.389 e. The fraction of sp³-hybridized carbons (Fsp3) is 0.222. The van der Waals surface area contributed by atoms with E-state index in [-0.39, 0.29) is 5.91 Å². The van der Waals surface area contributed by atoms with Crippen LogP contribution in [0.2, 0.25) is 0 Å². The Hall–Kier alpha value is -2.24. The molecule has 0 fully saturated rings. The summed E-state index contributed by atoms with van der Waals surface area (Å²) in [5, 5.41) is 2.89. The molecule has 2 aromatic rings. The molecule has 0 aromatic heterocycles. The van der Waals surface area contributed by atoms with Crippen LogP contribution in [-0.4, -0.2) is 28.9 Å². The number of nitrogens with one attached hydrogen (secondary N) is 1. The quantitative estimate of drug-likeness (QED) is 0.768. The molecule has 0 saturated heterocycles. The number of nitrogens with two attached hydrogens (primary N) is 1. The van der Waals surface area contributed by atoms with Crippen molar-refractivity contribution < 1.29 is 4.79 Å². The Morgan fingerprint density at radius 2 is 1.78 bits per heavy atom. The van der Waals surface area contributed by atoms with Crippen molar-refractivity contribution in [2.24, 2.45) is 5.73 Å². The summed E-state index contributed by atoms with van der Waals surface area (Å²) in [6.45, 7) is 3.96. The first-order valence-electron chi connectivity index (χ1n) is 7.54. The summed E-state index contributed by atoms with van der Waals surface area (Å²) in [7, 11) is 0. The fourth-order valence-electron chi connectivity index (χ4n) is 2.24. The van der Waals surface area contributed by atoms with E-state index in [0.29, 0.717) is 11.5 Å². The molecule has 0 bridgehead atoms. The van der Waals surface area contributed by atoms with Gasteiger partial charge in [0.2, 0.25) is 5.91 Å². The predicted molar refractivity (Wildman–Crippen MR) is 98.4 cm³/mol. The standard InChI is InChI=1S/C18H21N3OS/c1-2-21(12-14-6-4-3-5-7-14)13-17(22)20-16-10-8-15(9-11-16)18(19)23/h3-11H,2,12-13H2,1H3,(H2,19,23)(H,20,22). The van der Waals surface area contributed by atoms with E-state index >= 15 is 0 Å². The predicted octanol–water partition coefficient (Wildman–Crippen LogP) is 2.78. The van der Waals surface area contributed by atoms with Crippen molar-refractivity contribution in [2.45, 2.75) is 13.5 Å². The molecule has 0 unspecified atom stereocenters. The average Bonchev–Trinajstić information content (AvgIpc) is 2.55. The number of hydrogen-bond acceptors (Lipinski definition) is 3. The lowest BCUT2D eigenvalue weighted by molar-refractivity contribution is -0.117. The van der Waals surface area contributed by atoms with Crippen LogP contribution in [0, 0.1) is 0 Å². The Morgan fingerprint density at radius 1 is 1.13 bits per heavy atom. The number of carbonyl (C=O) groups is 1. The maximum Gasteiger partial charge on any atom is 0.238 e. The summed E-state index contributed by atoms with van der Waals surface area (Å²) < 4.78 is 0. The number of anilines is 1. The SMILES string of the molecule is CCN(CC(=O)Nc1ccc(C(N)=S)cc1)Cc1ccccc1. The Kier molecular flexibility index (Phi) is 6.26. The Bertz CT molecular complexity index is 656. The van der Waals surface area contributed by atoms with E-state index in [1.165, 1.54) is 5.56 Å². The van der Waals surface area contributed by atoms with E-state index in [0.717, 1.165) is 24.3 Å². The summed E-state index contributed by atoms with van der Waals surface area (Å²) >= 11 is 4.91. The summed E-state index contributed by atoms with van der Waals surface area (Å²) in [6, 6.07) is 17.4. The van der Waals surface area contributed by atoms with Gasteiger partial charge in [-0.15, -0.1) is 0 Å². The first-order chi connectivity index (χ1) is 11.1. The van der Waals surface area contributed by atoms with Crippen molar-refractivity contribution in [1.29, 1.82) is 0 Å². The number of thiocarbonyl (C=S) groups is 1. The van der Waals surface area contributed by atoms with E-state index < -0.39 is 0 Å². The van der Waals surface area contributed by atoms with Crippen molar-refractivity contribution in [2.75, 3.05) is 18.4 Å². The van der Waals surface area contributed by atoms with Gasteiger partial charge in [0.05, 0.1) is 6.54 Å². The molecule has 0 heterocycles. The van der Waals surface area contributed by atoms with Crippen LogP contribution in [0.15, 0.2) is 54.6 Å². The van der Waals surface area contributed by atoms with Crippen molar-refractivity contribution in [3.8, 4) is 0 Å². The van der Waals surface area contributed by atoms with Crippen LogP contribution in [0.5, 0.6) is 0 Å². The van der Waals surface area contributed by atoms with Crippen LogP contribution < -0.4 is 11.1 Å². The highest BCUT2D eigenvalue weighted by Gasteiger charge is 2.10. The third-order valence-electron chi connectivity index (χ3n) is 3.52. The smallest absolute Gasteiger partial charge is 0.238 e.